The molecule has 0 aromatic carbocycles. The van der Waals surface area contributed by atoms with Gasteiger partial charge in [0.25, 0.3) is 0 Å². The topological polar surface area (TPSA) is 55.0 Å². The number of hydrogen-bond acceptors (Lipinski definition) is 4. The van der Waals surface area contributed by atoms with Crippen LogP contribution in [0.2, 0.25) is 0 Å². The molecule has 1 aromatic rings. The maximum Gasteiger partial charge on any atom is 0.134 e. The predicted molar refractivity (Wildman–Crippen MR) is 80.2 cm³/mol. The van der Waals surface area contributed by atoms with Crippen LogP contribution < -0.4 is 10.6 Å². The van der Waals surface area contributed by atoms with Crippen LogP contribution in [0.15, 0.2) is 6.07 Å². The van der Waals surface area contributed by atoms with Gasteiger partial charge in [-0.05, 0) is 24.2 Å². The highest BCUT2D eigenvalue weighted by molar-refractivity contribution is 5.47. The Bertz CT molecular complexity index is 436. The third kappa shape index (κ3) is 3.37. The van der Waals surface area contributed by atoms with Crippen LogP contribution in [-0.4, -0.2) is 23.1 Å². The molecule has 1 atom stereocenters. The van der Waals surface area contributed by atoms with E-state index in [1.165, 1.54) is 6.42 Å². The molecule has 1 unspecified atom stereocenters. The molecule has 1 aliphatic rings. The number of aromatic nitrogens is 2. The summed E-state index contributed by atoms with van der Waals surface area (Å²) in [7, 11) is 0. The van der Waals surface area contributed by atoms with Gasteiger partial charge in [-0.25, -0.2) is 9.97 Å². The third-order valence-electron chi connectivity index (χ3n) is 3.99. The van der Waals surface area contributed by atoms with E-state index in [1.807, 2.05) is 6.07 Å². The highest BCUT2D eigenvalue weighted by Gasteiger charge is 2.32. The minimum absolute atomic E-state index is 0.361. The number of nitrogens with zero attached hydrogens (tertiary/aromatic N) is 3. The second-order valence-electron chi connectivity index (χ2n) is 6.61. The average Bonchev–Trinajstić information content (AvgIpc) is 2.77. The Morgan fingerprint density at radius 2 is 2.11 bits per heavy atom. The lowest BCUT2D eigenvalue weighted by Gasteiger charge is -2.27. The first-order valence-corrected chi connectivity index (χ1v) is 7.28. The molecule has 1 fully saturated rings. The largest absolute Gasteiger partial charge is 0.384 e. The van der Waals surface area contributed by atoms with Gasteiger partial charge in [0, 0.05) is 25.6 Å². The van der Waals surface area contributed by atoms with Gasteiger partial charge in [0.15, 0.2) is 0 Å². The Labute approximate surface area is 116 Å². The second-order valence-corrected chi connectivity index (χ2v) is 6.61. The van der Waals surface area contributed by atoms with E-state index in [2.05, 4.69) is 42.6 Å². The van der Waals surface area contributed by atoms with Gasteiger partial charge in [-0.2, -0.15) is 0 Å². The zero-order valence-electron chi connectivity index (χ0n) is 12.6. The van der Waals surface area contributed by atoms with Gasteiger partial charge in [-0.1, -0.05) is 27.7 Å². The van der Waals surface area contributed by atoms with Crippen LogP contribution in [0.5, 0.6) is 0 Å². The summed E-state index contributed by atoms with van der Waals surface area (Å²) in [6.07, 6.45) is 3.18. The van der Waals surface area contributed by atoms with Crippen molar-refractivity contribution in [3.63, 3.8) is 0 Å². The van der Waals surface area contributed by atoms with Gasteiger partial charge >= 0.3 is 0 Å². The summed E-state index contributed by atoms with van der Waals surface area (Å²) in [5.74, 6) is 3.19. The second kappa shape index (κ2) is 5.35. The zero-order chi connectivity index (χ0) is 14.0. The number of aryl methyl sites for hydroxylation is 1. The van der Waals surface area contributed by atoms with Crippen molar-refractivity contribution in [2.75, 3.05) is 23.7 Å². The molecule has 0 bridgehead atoms. The minimum atomic E-state index is 0.361. The molecule has 4 heteroatoms. The summed E-state index contributed by atoms with van der Waals surface area (Å²) in [5, 5.41) is 0. The van der Waals surface area contributed by atoms with Crippen molar-refractivity contribution in [1.29, 1.82) is 0 Å². The Kier molecular flexibility index (Phi) is 3.97. The van der Waals surface area contributed by atoms with Gasteiger partial charge in [0.1, 0.15) is 17.5 Å². The van der Waals surface area contributed by atoms with Gasteiger partial charge in [0.05, 0.1) is 0 Å². The van der Waals surface area contributed by atoms with Crippen LogP contribution >= 0.6 is 0 Å². The van der Waals surface area contributed by atoms with E-state index >= 15 is 0 Å². The van der Waals surface area contributed by atoms with Crippen LogP contribution in [0.3, 0.4) is 0 Å². The molecular formula is C15H26N4. The molecule has 2 N–H and O–H groups in total. The Morgan fingerprint density at radius 3 is 2.68 bits per heavy atom. The molecule has 0 amide bonds. The van der Waals surface area contributed by atoms with Crippen LogP contribution in [0.4, 0.5) is 11.6 Å². The fourth-order valence-corrected chi connectivity index (χ4v) is 2.68. The Balaban J connectivity index is 2.15. The lowest BCUT2D eigenvalue weighted by molar-refractivity contribution is 0.263. The first kappa shape index (κ1) is 14.1. The van der Waals surface area contributed by atoms with Crippen LogP contribution in [-0.2, 0) is 6.42 Å². The zero-order valence-corrected chi connectivity index (χ0v) is 12.6. The van der Waals surface area contributed by atoms with E-state index in [-0.39, 0.29) is 0 Å². The SMILES string of the molecule is CCCc1nc(N)cc(N2CCC(C(C)(C)C)C2)n1. The normalized spacial score (nSPS) is 20.0. The maximum absolute atomic E-state index is 5.90. The van der Waals surface area contributed by atoms with E-state index in [4.69, 9.17) is 5.73 Å². The fraction of sp³-hybridized carbons (Fsp3) is 0.733. The molecule has 19 heavy (non-hydrogen) atoms. The predicted octanol–water partition coefficient (Wildman–Crippen LogP) is 2.88. The summed E-state index contributed by atoms with van der Waals surface area (Å²) < 4.78 is 0. The van der Waals surface area contributed by atoms with Crippen molar-refractivity contribution in [2.45, 2.75) is 47.0 Å². The van der Waals surface area contributed by atoms with Crippen molar-refractivity contribution < 1.29 is 0 Å². The van der Waals surface area contributed by atoms with Gasteiger partial charge in [-0.15, -0.1) is 0 Å². The highest BCUT2D eigenvalue weighted by Crippen LogP contribution is 2.35. The Morgan fingerprint density at radius 1 is 1.37 bits per heavy atom. The summed E-state index contributed by atoms with van der Waals surface area (Å²) >= 11 is 0. The molecule has 1 saturated heterocycles. The monoisotopic (exact) mass is 262 g/mol. The molecule has 2 rings (SSSR count). The molecule has 1 aliphatic heterocycles. The van der Waals surface area contributed by atoms with E-state index in [1.54, 1.807) is 0 Å². The maximum atomic E-state index is 5.90. The number of nitrogens with two attached hydrogens (primary N) is 1. The van der Waals surface area contributed by atoms with E-state index in [0.717, 1.165) is 43.5 Å². The number of nitrogen functional groups attached to an aromatic ring is 1. The van der Waals surface area contributed by atoms with Crippen molar-refractivity contribution >= 4 is 11.6 Å². The van der Waals surface area contributed by atoms with E-state index < -0.39 is 0 Å². The molecule has 1 aromatic heterocycles. The smallest absolute Gasteiger partial charge is 0.134 e. The lowest BCUT2D eigenvalue weighted by Crippen LogP contribution is -2.26. The first-order chi connectivity index (χ1) is 8.90. The van der Waals surface area contributed by atoms with Crippen molar-refractivity contribution in [3.05, 3.63) is 11.9 Å². The highest BCUT2D eigenvalue weighted by atomic mass is 15.2. The third-order valence-corrected chi connectivity index (χ3v) is 3.99. The summed E-state index contributed by atoms with van der Waals surface area (Å²) in [6.45, 7) is 11.2. The molecule has 2 heterocycles. The summed E-state index contributed by atoms with van der Waals surface area (Å²) in [5.41, 5.74) is 6.26. The lowest BCUT2D eigenvalue weighted by atomic mass is 9.80. The van der Waals surface area contributed by atoms with Crippen molar-refractivity contribution in [2.24, 2.45) is 11.3 Å². The van der Waals surface area contributed by atoms with Gasteiger partial charge in [-0.3, -0.25) is 0 Å². The fourth-order valence-electron chi connectivity index (χ4n) is 2.68. The number of rotatable bonds is 3. The summed E-state index contributed by atoms with van der Waals surface area (Å²) in [4.78, 5) is 11.3. The average molecular weight is 262 g/mol. The van der Waals surface area contributed by atoms with Crippen LogP contribution in [0, 0.1) is 11.3 Å². The standard InChI is InChI=1S/C15H26N4/c1-5-6-13-17-12(16)9-14(18-13)19-8-7-11(10-19)15(2,3)4/h9,11H,5-8,10H2,1-4H3,(H2,16,17,18). The van der Waals surface area contributed by atoms with Gasteiger partial charge < -0.3 is 10.6 Å². The van der Waals surface area contributed by atoms with Crippen molar-refractivity contribution in [1.82, 2.24) is 9.97 Å². The molecule has 4 nitrogen and oxygen atoms in total. The van der Waals surface area contributed by atoms with Crippen LogP contribution in [0.1, 0.15) is 46.4 Å². The molecule has 0 aliphatic carbocycles. The number of anilines is 2. The van der Waals surface area contributed by atoms with E-state index in [0.29, 0.717) is 11.2 Å². The van der Waals surface area contributed by atoms with Crippen molar-refractivity contribution in [3.8, 4) is 0 Å². The number of hydrogen-bond donors (Lipinski definition) is 1. The molecular weight excluding hydrogens is 236 g/mol. The minimum Gasteiger partial charge on any atom is -0.384 e. The molecule has 0 radical (unpaired) electrons. The first-order valence-electron chi connectivity index (χ1n) is 7.28. The van der Waals surface area contributed by atoms with Gasteiger partial charge in [0.2, 0.25) is 0 Å². The van der Waals surface area contributed by atoms with E-state index in [9.17, 15) is 0 Å². The van der Waals surface area contributed by atoms with Crippen LogP contribution in [0.25, 0.3) is 0 Å². The molecule has 0 saturated carbocycles. The Hall–Kier alpha value is -1.32. The quantitative estimate of drug-likeness (QED) is 0.910. The summed E-state index contributed by atoms with van der Waals surface area (Å²) in [6, 6.07) is 1.91. The molecule has 0 spiro atoms. The molecule has 106 valence electrons.